The van der Waals surface area contributed by atoms with E-state index in [-0.39, 0.29) is 17.6 Å². The minimum absolute atomic E-state index is 0.00594. The van der Waals surface area contributed by atoms with Crippen LogP contribution >= 0.6 is 0 Å². The van der Waals surface area contributed by atoms with Crippen LogP contribution in [0.15, 0.2) is 60.8 Å². The summed E-state index contributed by atoms with van der Waals surface area (Å²) in [4.78, 5) is 29.3. The number of carbonyl (C=O) groups excluding carboxylic acids is 2. The summed E-state index contributed by atoms with van der Waals surface area (Å²) in [6.45, 7) is 4.09. The van der Waals surface area contributed by atoms with Crippen molar-refractivity contribution in [2.45, 2.75) is 13.3 Å². The van der Waals surface area contributed by atoms with Crippen LogP contribution in [0, 0.1) is 12.7 Å². The Hall–Kier alpha value is -3.48. The van der Waals surface area contributed by atoms with Gasteiger partial charge in [-0.15, -0.1) is 0 Å². The first-order valence-electron chi connectivity index (χ1n) is 9.98. The van der Waals surface area contributed by atoms with Gasteiger partial charge in [0.25, 0.3) is 11.8 Å². The first kappa shape index (κ1) is 19.8. The molecule has 4 rings (SSSR count). The molecule has 0 N–H and O–H groups in total. The van der Waals surface area contributed by atoms with Gasteiger partial charge in [0.1, 0.15) is 5.82 Å². The number of hydrogen-bond acceptors (Lipinski definition) is 3. The molecule has 6 nitrogen and oxygen atoms in total. The molecule has 7 heteroatoms. The third-order valence-electron chi connectivity index (χ3n) is 5.23. The van der Waals surface area contributed by atoms with Crippen LogP contribution in [-0.4, -0.2) is 57.6 Å². The highest BCUT2D eigenvalue weighted by atomic mass is 19.1. The molecule has 0 bridgehead atoms. The summed E-state index contributed by atoms with van der Waals surface area (Å²) in [7, 11) is 0. The molecule has 154 valence electrons. The van der Waals surface area contributed by atoms with Crippen molar-refractivity contribution in [3.05, 3.63) is 83.4 Å². The number of nitrogens with zero attached hydrogens (tertiary/aromatic N) is 4. The van der Waals surface area contributed by atoms with E-state index >= 15 is 0 Å². The Balaban J connectivity index is 1.42. The van der Waals surface area contributed by atoms with E-state index in [0.29, 0.717) is 49.5 Å². The maximum absolute atomic E-state index is 13.1. The zero-order valence-electron chi connectivity index (χ0n) is 16.8. The third kappa shape index (κ3) is 4.25. The van der Waals surface area contributed by atoms with Crippen molar-refractivity contribution >= 4 is 11.8 Å². The molecule has 30 heavy (non-hydrogen) atoms. The molecule has 0 atom stereocenters. The van der Waals surface area contributed by atoms with E-state index in [1.807, 2.05) is 31.2 Å². The summed E-state index contributed by atoms with van der Waals surface area (Å²) in [6, 6.07) is 15.1. The zero-order valence-corrected chi connectivity index (χ0v) is 16.8. The Bertz CT molecular complexity index is 1060. The molecule has 0 radical (unpaired) electrons. The van der Waals surface area contributed by atoms with Crippen LogP contribution < -0.4 is 0 Å². The molecule has 0 spiro atoms. The molecule has 1 aliphatic heterocycles. The summed E-state index contributed by atoms with van der Waals surface area (Å²) in [5.74, 6) is -0.495. The Kier molecular flexibility index (Phi) is 5.61. The first-order valence-corrected chi connectivity index (χ1v) is 9.98. The van der Waals surface area contributed by atoms with Gasteiger partial charge in [-0.05, 0) is 55.8 Å². The van der Waals surface area contributed by atoms with Gasteiger partial charge in [0.2, 0.25) is 0 Å². The molecule has 3 aromatic rings. The summed E-state index contributed by atoms with van der Waals surface area (Å²) in [6.07, 6.45) is 2.40. The molecule has 0 saturated carbocycles. The van der Waals surface area contributed by atoms with Crippen molar-refractivity contribution in [1.82, 2.24) is 19.6 Å². The second kappa shape index (κ2) is 8.49. The Morgan fingerprint density at radius 2 is 1.60 bits per heavy atom. The number of amides is 2. The molecule has 0 unspecified atom stereocenters. The normalized spacial score (nSPS) is 14.5. The molecule has 1 aliphatic rings. The average molecular weight is 406 g/mol. The van der Waals surface area contributed by atoms with Gasteiger partial charge in [-0.1, -0.05) is 17.7 Å². The highest BCUT2D eigenvalue weighted by molar-refractivity contribution is 5.95. The number of aromatic nitrogens is 2. The molecule has 2 heterocycles. The number of halogens is 1. The highest BCUT2D eigenvalue weighted by Crippen LogP contribution is 2.14. The highest BCUT2D eigenvalue weighted by Gasteiger charge is 2.24. The van der Waals surface area contributed by atoms with Crippen molar-refractivity contribution in [2.24, 2.45) is 0 Å². The van der Waals surface area contributed by atoms with Gasteiger partial charge in [-0.25, -0.2) is 9.07 Å². The van der Waals surface area contributed by atoms with Gasteiger partial charge in [-0.2, -0.15) is 5.10 Å². The molecule has 1 saturated heterocycles. The fourth-order valence-electron chi connectivity index (χ4n) is 3.62. The van der Waals surface area contributed by atoms with Crippen molar-refractivity contribution in [3.63, 3.8) is 0 Å². The van der Waals surface area contributed by atoms with E-state index in [1.165, 1.54) is 12.1 Å². The van der Waals surface area contributed by atoms with Gasteiger partial charge >= 0.3 is 0 Å². The Morgan fingerprint density at radius 3 is 2.30 bits per heavy atom. The fourth-order valence-corrected chi connectivity index (χ4v) is 3.62. The second-order valence-corrected chi connectivity index (χ2v) is 7.43. The summed E-state index contributed by atoms with van der Waals surface area (Å²) >= 11 is 0. The van der Waals surface area contributed by atoms with E-state index in [0.717, 1.165) is 5.56 Å². The van der Waals surface area contributed by atoms with Gasteiger partial charge in [-0.3, -0.25) is 9.59 Å². The second-order valence-electron chi connectivity index (χ2n) is 7.43. The third-order valence-corrected chi connectivity index (χ3v) is 5.23. The zero-order chi connectivity index (χ0) is 21.1. The van der Waals surface area contributed by atoms with Gasteiger partial charge < -0.3 is 9.80 Å². The standard InChI is InChI=1S/C23H23FN4O2/c1-17-4-2-5-18(16-17)22(29)26-11-3-12-27(15-14-26)23(30)21-10-13-28(25-21)20-8-6-19(24)7-9-20/h2,4-10,13,16H,3,11-12,14-15H2,1H3. The largest absolute Gasteiger partial charge is 0.337 e. The lowest BCUT2D eigenvalue weighted by Crippen LogP contribution is -2.37. The molecule has 1 aromatic heterocycles. The van der Waals surface area contributed by atoms with Crippen molar-refractivity contribution in [3.8, 4) is 5.69 Å². The molecule has 1 fully saturated rings. The van der Waals surface area contributed by atoms with Crippen LogP contribution in [0.1, 0.15) is 32.8 Å². The maximum Gasteiger partial charge on any atom is 0.274 e. The summed E-state index contributed by atoms with van der Waals surface area (Å²) in [5, 5.41) is 4.35. The molecule has 2 aromatic carbocycles. The van der Waals surface area contributed by atoms with E-state index in [4.69, 9.17) is 0 Å². The average Bonchev–Trinajstić information content (AvgIpc) is 3.11. The van der Waals surface area contributed by atoms with E-state index in [2.05, 4.69) is 5.10 Å². The number of hydrogen-bond donors (Lipinski definition) is 0. The number of rotatable bonds is 3. The van der Waals surface area contributed by atoms with E-state index in [1.54, 1.807) is 38.9 Å². The first-order chi connectivity index (χ1) is 14.5. The van der Waals surface area contributed by atoms with Crippen molar-refractivity contribution in [1.29, 1.82) is 0 Å². The Morgan fingerprint density at radius 1 is 0.900 bits per heavy atom. The van der Waals surface area contributed by atoms with Crippen LogP contribution in [0.25, 0.3) is 5.69 Å². The van der Waals surface area contributed by atoms with E-state index < -0.39 is 0 Å². The lowest BCUT2D eigenvalue weighted by molar-refractivity contribution is 0.0715. The topological polar surface area (TPSA) is 58.4 Å². The maximum atomic E-state index is 13.1. The monoisotopic (exact) mass is 406 g/mol. The Labute approximate surface area is 174 Å². The number of carbonyl (C=O) groups is 2. The quantitative estimate of drug-likeness (QED) is 0.671. The molecule has 0 aliphatic carbocycles. The minimum atomic E-state index is -0.323. The molecule has 2 amide bonds. The fraction of sp³-hybridized carbons (Fsp3) is 0.261. The van der Waals surface area contributed by atoms with Crippen molar-refractivity contribution in [2.75, 3.05) is 26.2 Å². The predicted molar refractivity (Wildman–Crippen MR) is 111 cm³/mol. The van der Waals surface area contributed by atoms with Crippen LogP contribution in [0.5, 0.6) is 0 Å². The molecular weight excluding hydrogens is 383 g/mol. The SMILES string of the molecule is Cc1cccc(C(=O)N2CCCN(C(=O)c3ccn(-c4ccc(F)cc4)n3)CC2)c1. The van der Waals surface area contributed by atoms with Crippen molar-refractivity contribution < 1.29 is 14.0 Å². The summed E-state index contributed by atoms with van der Waals surface area (Å²) < 4.78 is 14.7. The lowest BCUT2D eigenvalue weighted by atomic mass is 10.1. The van der Waals surface area contributed by atoms with Crippen LogP contribution in [-0.2, 0) is 0 Å². The summed E-state index contributed by atoms with van der Waals surface area (Å²) in [5.41, 5.74) is 2.73. The van der Waals surface area contributed by atoms with Crippen LogP contribution in [0.2, 0.25) is 0 Å². The van der Waals surface area contributed by atoms with E-state index in [9.17, 15) is 14.0 Å². The van der Waals surface area contributed by atoms with Gasteiger partial charge in [0.05, 0.1) is 5.69 Å². The molecular formula is C23H23FN4O2. The van der Waals surface area contributed by atoms with Gasteiger partial charge in [0.15, 0.2) is 5.69 Å². The number of aryl methyl sites for hydroxylation is 1. The minimum Gasteiger partial charge on any atom is -0.337 e. The van der Waals surface area contributed by atoms with Crippen LogP contribution in [0.3, 0.4) is 0 Å². The number of benzene rings is 2. The smallest absolute Gasteiger partial charge is 0.274 e. The lowest BCUT2D eigenvalue weighted by Gasteiger charge is -2.22. The van der Waals surface area contributed by atoms with Crippen LogP contribution in [0.4, 0.5) is 4.39 Å². The van der Waals surface area contributed by atoms with Gasteiger partial charge in [0, 0.05) is 37.9 Å². The predicted octanol–water partition coefficient (Wildman–Crippen LogP) is 3.31.